The zero-order valence-corrected chi connectivity index (χ0v) is 18.8. The number of aryl methyl sites for hydroxylation is 2. The summed E-state index contributed by atoms with van der Waals surface area (Å²) in [6.07, 6.45) is 3.37. The molecule has 0 saturated carbocycles. The SMILES string of the molecule is CCNC(=NCc1nc(C)c(C)s1)N1CC=C(c2ccccc2)CC1.I. The fraction of sp³-hybridized carbons (Fsp3) is 0.400. The molecule has 1 aromatic carbocycles. The van der Waals surface area contributed by atoms with E-state index in [1.165, 1.54) is 16.0 Å². The summed E-state index contributed by atoms with van der Waals surface area (Å²) in [7, 11) is 0. The third kappa shape index (κ3) is 5.30. The number of hydrogen-bond donors (Lipinski definition) is 1. The van der Waals surface area contributed by atoms with Gasteiger partial charge in [-0.05, 0) is 38.3 Å². The average molecular weight is 482 g/mol. The van der Waals surface area contributed by atoms with Gasteiger partial charge in [0.1, 0.15) is 5.01 Å². The summed E-state index contributed by atoms with van der Waals surface area (Å²) in [5, 5.41) is 4.51. The molecule has 1 aromatic heterocycles. The number of nitrogens with one attached hydrogen (secondary N) is 1. The molecule has 1 aliphatic heterocycles. The van der Waals surface area contributed by atoms with E-state index in [9.17, 15) is 0 Å². The van der Waals surface area contributed by atoms with E-state index in [0.717, 1.165) is 42.7 Å². The molecule has 0 saturated heterocycles. The molecule has 6 heteroatoms. The second-order valence-electron chi connectivity index (χ2n) is 6.21. The van der Waals surface area contributed by atoms with E-state index < -0.39 is 0 Å². The monoisotopic (exact) mass is 482 g/mol. The zero-order valence-electron chi connectivity index (χ0n) is 15.7. The zero-order chi connectivity index (χ0) is 17.6. The topological polar surface area (TPSA) is 40.5 Å². The Morgan fingerprint density at radius 2 is 2.04 bits per heavy atom. The molecule has 0 bridgehead atoms. The molecule has 3 rings (SSSR count). The maximum absolute atomic E-state index is 4.81. The fourth-order valence-corrected chi connectivity index (χ4v) is 3.81. The average Bonchev–Trinajstić information content (AvgIpc) is 2.97. The third-order valence-corrected chi connectivity index (χ3v) is 5.48. The molecule has 0 spiro atoms. The number of aliphatic imine (C=N–C) groups is 1. The standard InChI is InChI=1S/C20H26N4S.HI/c1-4-21-20(22-14-19-23-15(2)16(3)25-19)24-12-10-18(11-13-24)17-8-6-5-7-9-17;/h5-10H,4,11-14H2,1-3H3,(H,21,22);1H. The Morgan fingerprint density at radius 3 is 2.62 bits per heavy atom. The fourth-order valence-electron chi connectivity index (χ4n) is 2.95. The first kappa shape index (κ1) is 20.9. The predicted octanol–water partition coefficient (Wildman–Crippen LogP) is 4.63. The van der Waals surface area contributed by atoms with Crippen molar-refractivity contribution in [3.05, 3.63) is 57.6 Å². The summed E-state index contributed by atoms with van der Waals surface area (Å²) in [5.41, 5.74) is 3.88. The molecular weight excluding hydrogens is 455 g/mol. The quantitative estimate of drug-likeness (QED) is 0.393. The predicted molar refractivity (Wildman–Crippen MR) is 122 cm³/mol. The summed E-state index contributed by atoms with van der Waals surface area (Å²) >= 11 is 1.74. The highest BCUT2D eigenvalue weighted by Crippen LogP contribution is 2.22. The van der Waals surface area contributed by atoms with Gasteiger partial charge in [-0.15, -0.1) is 35.3 Å². The minimum Gasteiger partial charge on any atom is -0.356 e. The molecule has 1 N–H and O–H groups in total. The van der Waals surface area contributed by atoms with Gasteiger partial charge >= 0.3 is 0 Å². The summed E-state index contributed by atoms with van der Waals surface area (Å²) in [4.78, 5) is 13.0. The molecular formula is C20H27IN4S. The highest BCUT2D eigenvalue weighted by molar-refractivity contribution is 14.0. The van der Waals surface area contributed by atoms with Gasteiger partial charge in [0.25, 0.3) is 0 Å². The molecule has 0 atom stereocenters. The van der Waals surface area contributed by atoms with E-state index in [2.05, 4.69) is 72.4 Å². The Morgan fingerprint density at radius 1 is 1.27 bits per heavy atom. The van der Waals surface area contributed by atoms with Gasteiger partial charge in [-0.3, -0.25) is 0 Å². The molecule has 0 unspecified atom stereocenters. The second-order valence-corrected chi connectivity index (χ2v) is 7.50. The van der Waals surface area contributed by atoms with Gasteiger partial charge in [0.05, 0.1) is 12.2 Å². The number of aromatic nitrogens is 1. The Hall–Kier alpha value is -1.41. The first-order chi connectivity index (χ1) is 12.2. The van der Waals surface area contributed by atoms with Gasteiger partial charge in [0.2, 0.25) is 0 Å². The summed E-state index contributed by atoms with van der Waals surface area (Å²) < 4.78 is 0. The van der Waals surface area contributed by atoms with E-state index in [4.69, 9.17) is 4.99 Å². The Balaban J connectivity index is 0.00000243. The van der Waals surface area contributed by atoms with Gasteiger partial charge < -0.3 is 10.2 Å². The van der Waals surface area contributed by atoms with Crippen LogP contribution >= 0.6 is 35.3 Å². The van der Waals surface area contributed by atoms with Crippen LogP contribution in [0.15, 0.2) is 41.4 Å². The highest BCUT2D eigenvalue weighted by atomic mass is 127. The van der Waals surface area contributed by atoms with Crippen LogP contribution in [0, 0.1) is 13.8 Å². The maximum Gasteiger partial charge on any atom is 0.194 e. The van der Waals surface area contributed by atoms with Crippen LogP contribution in [0.2, 0.25) is 0 Å². The van der Waals surface area contributed by atoms with Crippen LogP contribution in [0.25, 0.3) is 5.57 Å². The molecule has 26 heavy (non-hydrogen) atoms. The van der Waals surface area contributed by atoms with Crippen molar-refractivity contribution < 1.29 is 0 Å². The summed E-state index contributed by atoms with van der Waals surface area (Å²) in [6.45, 7) is 9.70. The van der Waals surface area contributed by atoms with Crippen LogP contribution in [0.3, 0.4) is 0 Å². The summed E-state index contributed by atoms with van der Waals surface area (Å²) in [5.74, 6) is 0.983. The maximum atomic E-state index is 4.81. The van der Waals surface area contributed by atoms with E-state index in [1.54, 1.807) is 11.3 Å². The Labute approximate surface area is 177 Å². The lowest BCUT2D eigenvalue weighted by Gasteiger charge is -2.29. The van der Waals surface area contributed by atoms with Gasteiger partial charge in [0, 0.05) is 24.5 Å². The summed E-state index contributed by atoms with van der Waals surface area (Å²) in [6, 6.07) is 10.6. The van der Waals surface area contributed by atoms with Gasteiger partial charge in [-0.2, -0.15) is 0 Å². The van der Waals surface area contributed by atoms with Crippen molar-refractivity contribution in [2.45, 2.75) is 33.7 Å². The molecule has 0 aliphatic carbocycles. The number of guanidine groups is 1. The van der Waals surface area contributed by atoms with E-state index >= 15 is 0 Å². The number of benzene rings is 1. The van der Waals surface area contributed by atoms with Crippen molar-refractivity contribution in [1.29, 1.82) is 0 Å². The molecule has 4 nitrogen and oxygen atoms in total. The highest BCUT2D eigenvalue weighted by Gasteiger charge is 2.16. The van der Waals surface area contributed by atoms with Crippen LogP contribution in [0.5, 0.6) is 0 Å². The minimum atomic E-state index is 0. The van der Waals surface area contributed by atoms with Gasteiger partial charge in [-0.1, -0.05) is 36.4 Å². The number of rotatable bonds is 4. The minimum absolute atomic E-state index is 0. The normalized spacial score (nSPS) is 14.7. The van der Waals surface area contributed by atoms with Crippen molar-refractivity contribution in [2.24, 2.45) is 4.99 Å². The van der Waals surface area contributed by atoms with Gasteiger partial charge in [-0.25, -0.2) is 9.98 Å². The van der Waals surface area contributed by atoms with Crippen molar-refractivity contribution >= 4 is 46.8 Å². The number of hydrogen-bond acceptors (Lipinski definition) is 3. The first-order valence-corrected chi connectivity index (χ1v) is 9.69. The van der Waals surface area contributed by atoms with E-state index in [0.29, 0.717) is 6.54 Å². The molecule has 2 aromatic rings. The molecule has 2 heterocycles. The van der Waals surface area contributed by atoms with E-state index in [-0.39, 0.29) is 24.0 Å². The smallest absolute Gasteiger partial charge is 0.194 e. The Bertz CT molecular complexity index is 748. The second kappa shape index (κ2) is 10.1. The van der Waals surface area contributed by atoms with Crippen molar-refractivity contribution in [3.8, 4) is 0 Å². The van der Waals surface area contributed by atoms with Gasteiger partial charge in [0.15, 0.2) is 5.96 Å². The van der Waals surface area contributed by atoms with Crippen LogP contribution in [0.1, 0.15) is 34.5 Å². The molecule has 140 valence electrons. The third-order valence-electron chi connectivity index (χ3n) is 4.43. The Kier molecular flexibility index (Phi) is 8.09. The van der Waals surface area contributed by atoms with Crippen LogP contribution in [-0.4, -0.2) is 35.5 Å². The van der Waals surface area contributed by atoms with Crippen LogP contribution in [-0.2, 0) is 6.54 Å². The van der Waals surface area contributed by atoms with Crippen LogP contribution in [0.4, 0.5) is 0 Å². The lowest BCUT2D eigenvalue weighted by molar-refractivity contribution is 0.440. The number of thiazole rings is 1. The largest absolute Gasteiger partial charge is 0.356 e. The lowest BCUT2D eigenvalue weighted by atomic mass is 10.00. The van der Waals surface area contributed by atoms with Crippen molar-refractivity contribution in [2.75, 3.05) is 19.6 Å². The number of halogens is 1. The molecule has 0 fully saturated rings. The molecule has 0 amide bonds. The van der Waals surface area contributed by atoms with Crippen LogP contribution < -0.4 is 5.32 Å². The van der Waals surface area contributed by atoms with Crippen molar-refractivity contribution in [3.63, 3.8) is 0 Å². The molecule has 1 aliphatic rings. The van der Waals surface area contributed by atoms with E-state index in [1.807, 2.05) is 0 Å². The lowest BCUT2D eigenvalue weighted by Crippen LogP contribution is -2.43. The first-order valence-electron chi connectivity index (χ1n) is 8.88. The number of nitrogens with zero attached hydrogens (tertiary/aromatic N) is 3. The van der Waals surface area contributed by atoms with Crippen molar-refractivity contribution in [1.82, 2.24) is 15.2 Å². The molecule has 0 radical (unpaired) electrons.